The average molecular weight is 517 g/mol. The van der Waals surface area contributed by atoms with Crippen LogP contribution in [0.25, 0.3) is 0 Å². The fourth-order valence-corrected chi connectivity index (χ4v) is 7.02. The van der Waals surface area contributed by atoms with Crippen molar-refractivity contribution in [1.82, 2.24) is 20.4 Å². The molecule has 1 aromatic rings. The van der Waals surface area contributed by atoms with Gasteiger partial charge in [-0.15, -0.1) is 22.0 Å². The summed E-state index contributed by atoms with van der Waals surface area (Å²) in [6, 6.07) is -1.09. The van der Waals surface area contributed by atoms with Crippen LogP contribution in [0.4, 0.5) is 13.2 Å². The molecule has 3 atom stereocenters. The number of aliphatic carboxylic acids is 1. The highest BCUT2D eigenvalue weighted by Crippen LogP contribution is 2.41. The van der Waals surface area contributed by atoms with E-state index in [1.165, 1.54) is 34.9 Å². The fourth-order valence-electron chi connectivity index (χ4n) is 2.87. The molecule has 16 heteroatoms. The summed E-state index contributed by atoms with van der Waals surface area (Å²) in [5, 5.41) is 19.8. The highest BCUT2D eigenvalue weighted by atomic mass is 32.2. The number of halogens is 3. The predicted octanol–water partition coefficient (Wildman–Crippen LogP) is 0.988. The molecule has 2 amide bonds. The molecule has 9 nitrogen and oxygen atoms in total. The Morgan fingerprint density at radius 1 is 1.39 bits per heavy atom. The summed E-state index contributed by atoms with van der Waals surface area (Å²) in [4.78, 5) is 37.3. The molecule has 0 aromatic carbocycles. The summed E-state index contributed by atoms with van der Waals surface area (Å²) in [5.74, 6) is -4.89. The number of hydrogen-bond donors (Lipinski definition) is 2. The molecule has 2 N–H and O–H groups in total. The van der Waals surface area contributed by atoms with Crippen LogP contribution in [0, 0.1) is 6.92 Å². The van der Waals surface area contributed by atoms with Crippen LogP contribution >= 0.6 is 34.9 Å². The van der Waals surface area contributed by atoms with Gasteiger partial charge in [-0.2, -0.15) is 13.2 Å². The van der Waals surface area contributed by atoms with Gasteiger partial charge in [0.05, 0.1) is 0 Å². The highest BCUT2D eigenvalue weighted by Gasteiger charge is 2.54. The Balaban J connectivity index is 1.64. The molecule has 0 radical (unpaired) electrons. The van der Waals surface area contributed by atoms with Crippen molar-refractivity contribution in [2.75, 3.05) is 23.0 Å². The number of carbonyl (C=O) groups excluding carboxylic acids is 2. The topological polar surface area (TPSA) is 130 Å². The number of carboxylic acid groups (broad SMARTS) is 1. The average Bonchev–Trinajstić information content (AvgIpc) is 3.07. The SMILES string of the molecule is Cc1nnc(SCC2=C(C(=O)O)N3C(=O)[C@@H](NC(=O)CS(=O)CC(F)(F)F)[C@H]3SC2)s1. The lowest BCUT2D eigenvalue weighted by Crippen LogP contribution is -2.70. The van der Waals surface area contributed by atoms with Crippen LogP contribution in [0.15, 0.2) is 15.6 Å². The van der Waals surface area contributed by atoms with E-state index < -0.39 is 57.7 Å². The lowest BCUT2D eigenvalue weighted by molar-refractivity contribution is -0.150. The second-order valence-corrected chi connectivity index (χ2v) is 11.4. The van der Waals surface area contributed by atoms with E-state index in [1.54, 1.807) is 6.92 Å². The maximum absolute atomic E-state index is 12.5. The maximum atomic E-state index is 12.5. The number of nitrogens with zero attached hydrogens (tertiary/aromatic N) is 3. The fraction of sp³-hybridized carbons (Fsp3) is 0.533. The number of hydrogen-bond acceptors (Lipinski definition) is 9. The molecule has 1 aromatic heterocycles. The molecule has 3 heterocycles. The molecule has 3 rings (SSSR count). The van der Waals surface area contributed by atoms with Gasteiger partial charge in [-0.1, -0.05) is 23.1 Å². The number of amides is 2. The van der Waals surface area contributed by atoms with Gasteiger partial charge in [0.15, 0.2) is 4.34 Å². The Labute approximate surface area is 188 Å². The van der Waals surface area contributed by atoms with E-state index in [0.29, 0.717) is 9.91 Å². The smallest absolute Gasteiger partial charge is 0.400 e. The van der Waals surface area contributed by atoms with Crippen molar-refractivity contribution < 1.29 is 36.9 Å². The molecule has 0 bridgehead atoms. The van der Waals surface area contributed by atoms with E-state index in [-0.39, 0.29) is 17.2 Å². The normalized spacial score (nSPS) is 22.1. The first-order valence-corrected chi connectivity index (χ1v) is 12.8. The minimum Gasteiger partial charge on any atom is -0.477 e. The highest BCUT2D eigenvalue weighted by molar-refractivity contribution is 8.01. The molecular weight excluding hydrogens is 501 g/mol. The maximum Gasteiger partial charge on any atom is 0.400 e. The molecular formula is C15H15F3N4O5S4. The molecule has 0 saturated carbocycles. The number of carboxylic acids is 1. The van der Waals surface area contributed by atoms with Gasteiger partial charge in [-0.05, 0) is 12.5 Å². The van der Waals surface area contributed by atoms with Crippen molar-refractivity contribution in [1.29, 1.82) is 0 Å². The van der Waals surface area contributed by atoms with E-state index in [2.05, 4.69) is 15.5 Å². The van der Waals surface area contributed by atoms with Crippen molar-refractivity contribution in [2.45, 2.75) is 28.9 Å². The number of alkyl halides is 3. The van der Waals surface area contributed by atoms with E-state index in [4.69, 9.17) is 0 Å². The Bertz CT molecular complexity index is 967. The minimum absolute atomic E-state index is 0.173. The summed E-state index contributed by atoms with van der Waals surface area (Å²) < 4.78 is 48.8. The Morgan fingerprint density at radius 3 is 2.68 bits per heavy atom. The first kappa shape index (κ1) is 24.0. The third-order valence-electron chi connectivity index (χ3n) is 4.06. The van der Waals surface area contributed by atoms with Crippen molar-refractivity contribution in [3.8, 4) is 0 Å². The van der Waals surface area contributed by atoms with Gasteiger partial charge in [-0.3, -0.25) is 18.7 Å². The van der Waals surface area contributed by atoms with Gasteiger partial charge in [0, 0.05) is 22.3 Å². The van der Waals surface area contributed by atoms with Gasteiger partial charge >= 0.3 is 12.1 Å². The minimum atomic E-state index is -4.67. The zero-order valence-corrected chi connectivity index (χ0v) is 18.9. The summed E-state index contributed by atoms with van der Waals surface area (Å²) in [5.41, 5.74) is 0.338. The summed E-state index contributed by atoms with van der Waals surface area (Å²) in [6.07, 6.45) is -4.67. The van der Waals surface area contributed by atoms with E-state index in [0.717, 1.165) is 9.91 Å². The zero-order chi connectivity index (χ0) is 22.9. The van der Waals surface area contributed by atoms with Gasteiger partial charge < -0.3 is 10.4 Å². The van der Waals surface area contributed by atoms with Crippen LogP contribution < -0.4 is 5.32 Å². The summed E-state index contributed by atoms with van der Waals surface area (Å²) in [6.45, 7) is 1.79. The number of aryl methyl sites for hydroxylation is 1. The zero-order valence-electron chi connectivity index (χ0n) is 15.7. The van der Waals surface area contributed by atoms with Crippen LogP contribution in [0.2, 0.25) is 0 Å². The quantitative estimate of drug-likeness (QED) is 0.384. The predicted molar refractivity (Wildman–Crippen MR) is 109 cm³/mol. The molecule has 0 aliphatic carbocycles. The number of β-lactam (4-membered cyclic amide) rings is 1. The van der Waals surface area contributed by atoms with Gasteiger partial charge in [-0.25, -0.2) is 4.79 Å². The summed E-state index contributed by atoms with van der Waals surface area (Å²) in [7, 11) is -2.46. The number of rotatable bonds is 8. The second kappa shape index (κ2) is 9.46. The molecule has 1 unspecified atom stereocenters. The van der Waals surface area contributed by atoms with Crippen LogP contribution in [-0.4, -0.2) is 82.8 Å². The van der Waals surface area contributed by atoms with E-state index in [9.17, 15) is 36.9 Å². The monoisotopic (exact) mass is 516 g/mol. The lowest BCUT2D eigenvalue weighted by atomic mass is 10.0. The molecule has 1 saturated heterocycles. The molecule has 2 aliphatic heterocycles. The van der Waals surface area contributed by atoms with E-state index >= 15 is 0 Å². The van der Waals surface area contributed by atoms with Crippen molar-refractivity contribution >= 4 is 63.4 Å². The van der Waals surface area contributed by atoms with Crippen LogP contribution in [0.5, 0.6) is 0 Å². The molecule has 31 heavy (non-hydrogen) atoms. The molecule has 0 spiro atoms. The lowest BCUT2D eigenvalue weighted by Gasteiger charge is -2.49. The molecule has 170 valence electrons. The Morgan fingerprint density at radius 2 is 2.10 bits per heavy atom. The standard InChI is InChI=1S/C15H15F3N4O5S4/c1-6-20-21-14(30-6)29-3-7-2-28-12-9(11(24)22(12)10(7)13(25)26)19-8(23)4-31(27)5-15(16,17)18/h9,12H,2-5H2,1H3,(H,19,23)(H,25,26)/t9-,12-,31?/m1/s1. The Hall–Kier alpha value is -1.65. The Kier molecular flexibility index (Phi) is 7.32. The largest absolute Gasteiger partial charge is 0.477 e. The number of carbonyl (C=O) groups is 3. The molecule has 2 aliphatic rings. The van der Waals surface area contributed by atoms with Gasteiger partial charge in [0.1, 0.15) is 33.6 Å². The van der Waals surface area contributed by atoms with Crippen LogP contribution in [0.1, 0.15) is 5.01 Å². The van der Waals surface area contributed by atoms with Crippen molar-refractivity contribution in [3.05, 3.63) is 16.3 Å². The second-order valence-electron chi connectivity index (χ2n) is 6.43. The number of aromatic nitrogens is 2. The van der Waals surface area contributed by atoms with Gasteiger partial charge in [0.25, 0.3) is 5.91 Å². The van der Waals surface area contributed by atoms with Crippen LogP contribution in [-0.2, 0) is 25.2 Å². The van der Waals surface area contributed by atoms with E-state index in [1.807, 2.05) is 0 Å². The number of thioether (sulfide) groups is 2. The third kappa shape index (κ3) is 5.78. The summed E-state index contributed by atoms with van der Waals surface area (Å²) >= 11 is 3.89. The van der Waals surface area contributed by atoms with Gasteiger partial charge in [0.2, 0.25) is 5.91 Å². The van der Waals surface area contributed by atoms with Crippen molar-refractivity contribution in [2.24, 2.45) is 0 Å². The van der Waals surface area contributed by atoms with Crippen LogP contribution in [0.3, 0.4) is 0 Å². The molecule has 1 fully saturated rings. The number of fused-ring (bicyclic) bond motifs is 1. The first-order chi connectivity index (χ1) is 14.5. The van der Waals surface area contributed by atoms with Crippen molar-refractivity contribution in [3.63, 3.8) is 0 Å². The third-order valence-corrected chi connectivity index (χ3v) is 8.69. The number of nitrogens with one attached hydrogen (secondary N) is 1. The first-order valence-electron chi connectivity index (χ1n) is 8.50.